The molecule has 8 heteroatoms. The van der Waals surface area contributed by atoms with Crippen molar-refractivity contribution in [3.05, 3.63) is 83.2 Å². The zero-order valence-electron chi connectivity index (χ0n) is 16.2. The number of nitriles is 1. The highest BCUT2D eigenvalue weighted by atomic mass is 19.1. The molecule has 3 N–H and O–H groups in total. The average Bonchev–Trinajstić information content (AvgIpc) is 3.38. The monoisotopic (exact) mass is 413 g/mol. The number of aromatic amines is 2. The summed E-state index contributed by atoms with van der Waals surface area (Å²) in [5.74, 6) is -0.0573. The van der Waals surface area contributed by atoms with E-state index in [1.165, 1.54) is 18.3 Å². The van der Waals surface area contributed by atoms with Crippen molar-refractivity contribution in [2.75, 3.05) is 0 Å². The standard InChI is InChI=1S/C23H16FN5O2/c24-17-8-21(31-12-22-28-18-3-1-2-4-19(18)29-22)20(30)7-14(17)6-15-11-27-23-16(15)5-13(9-25)10-26-23/h1-5,7-8,10-11,30H,6,12H2,(H,26,27)(H,28,29). The van der Waals surface area contributed by atoms with Gasteiger partial charge >= 0.3 is 0 Å². The molecule has 3 aromatic heterocycles. The van der Waals surface area contributed by atoms with Crippen molar-refractivity contribution >= 4 is 22.1 Å². The smallest absolute Gasteiger partial charge is 0.164 e. The van der Waals surface area contributed by atoms with E-state index in [1.54, 1.807) is 12.3 Å². The number of rotatable bonds is 5. The summed E-state index contributed by atoms with van der Waals surface area (Å²) in [5, 5.41) is 20.2. The minimum absolute atomic E-state index is 0.0362. The summed E-state index contributed by atoms with van der Waals surface area (Å²) in [7, 11) is 0. The highest BCUT2D eigenvalue weighted by Gasteiger charge is 2.14. The number of nitrogens with one attached hydrogen (secondary N) is 2. The Morgan fingerprint density at radius 3 is 2.87 bits per heavy atom. The zero-order valence-corrected chi connectivity index (χ0v) is 16.2. The highest BCUT2D eigenvalue weighted by molar-refractivity contribution is 5.81. The van der Waals surface area contributed by atoms with E-state index >= 15 is 0 Å². The van der Waals surface area contributed by atoms with Gasteiger partial charge in [0.25, 0.3) is 0 Å². The van der Waals surface area contributed by atoms with Crippen LogP contribution in [0.2, 0.25) is 0 Å². The SMILES string of the molecule is N#Cc1cnc2[nH]cc(Cc3cc(O)c(OCc4nc5ccccc5[nH]4)cc3F)c2c1. The van der Waals surface area contributed by atoms with E-state index in [-0.39, 0.29) is 24.5 Å². The fraction of sp³-hybridized carbons (Fsp3) is 0.0870. The molecule has 0 aliphatic rings. The van der Waals surface area contributed by atoms with Gasteiger partial charge in [0.2, 0.25) is 0 Å². The molecule has 0 spiro atoms. The number of nitrogens with zero attached hydrogens (tertiary/aromatic N) is 3. The number of hydrogen-bond acceptors (Lipinski definition) is 5. The van der Waals surface area contributed by atoms with E-state index in [2.05, 4.69) is 19.9 Å². The van der Waals surface area contributed by atoms with E-state index in [1.807, 2.05) is 30.3 Å². The van der Waals surface area contributed by atoms with Crippen LogP contribution in [0.5, 0.6) is 11.5 Å². The molecule has 0 bridgehead atoms. The Balaban J connectivity index is 1.37. The summed E-state index contributed by atoms with van der Waals surface area (Å²) in [5.41, 5.74) is 3.79. The van der Waals surface area contributed by atoms with Gasteiger partial charge < -0.3 is 19.8 Å². The Kier molecular flexibility index (Phi) is 4.49. The molecule has 2 aromatic carbocycles. The second-order valence-corrected chi connectivity index (χ2v) is 7.12. The van der Waals surface area contributed by atoms with Gasteiger partial charge in [-0.15, -0.1) is 0 Å². The summed E-state index contributed by atoms with van der Waals surface area (Å²) in [6.45, 7) is 0.0616. The summed E-state index contributed by atoms with van der Waals surface area (Å²) in [6.07, 6.45) is 3.42. The number of aromatic hydroxyl groups is 1. The quantitative estimate of drug-likeness (QED) is 0.397. The van der Waals surface area contributed by atoms with Crippen LogP contribution >= 0.6 is 0 Å². The minimum Gasteiger partial charge on any atom is -0.504 e. The number of ether oxygens (including phenoxy) is 1. The lowest BCUT2D eigenvalue weighted by atomic mass is 10.0. The van der Waals surface area contributed by atoms with Crippen LogP contribution in [0.1, 0.15) is 22.5 Å². The number of para-hydroxylation sites is 2. The largest absolute Gasteiger partial charge is 0.504 e. The fourth-order valence-electron chi connectivity index (χ4n) is 3.53. The summed E-state index contributed by atoms with van der Waals surface area (Å²) in [6, 6.07) is 13.8. The van der Waals surface area contributed by atoms with E-state index in [0.717, 1.165) is 22.0 Å². The van der Waals surface area contributed by atoms with Crippen LogP contribution < -0.4 is 4.74 Å². The number of H-pyrrole nitrogens is 2. The second kappa shape index (κ2) is 7.46. The second-order valence-electron chi connectivity index (χ2n) is 7.12. The van der Waals surface area contributed by atoms with Crippen molar-refractivity contribution in [3.8, 4) is 17.6 Å². The first-order chi connectivity index (χ1) is 15.1. The first-order valence-corrected chi connectivity index (χ1v) is 9.54. The van der Waals surface area contributed by atoms with Crippen molar-refractivity contribution in [2.24, 2.45) is 0 Å². The molecule has 5 rings (SSSR count). The summed E-state index contributed by atoms with van der Waals surface area (Å²) in [4.78, 5) is 14.7. The summed E-state index contributed by atoms with van der Waals surface area (Å²) >= 11 is 0. The van der Waals surface area contributed by atoms with E-state index in [9.17, 15) is 9.50 Å². The van der Waals surface area contributed by atoms with Crippen molar-refractivity contribution in [2.45, 2.75) is 13.0 Å². The van der Waals surface area contributed by atoms with Crippen LogP contribution in [0.15, 0.2) is 54.9 Å². The molecule has 0 fully saturated rings. The van der Waals surface area contributed by atoms with Gasteiger partial charge in [0.05, 0.1) is 16.6 Å². The van der Waals surface area contributed by atoms with Gasteiger partial charge in [0.1, 0.15) is 30.0 Å². The third kappa shape index (κ3) is 3.53. The Morgan fingerprint density at radius 1 is 1.16 bits per heavy atom. The maximum atomic E-state index is 14.8. The van der Waals surface area contributed by atoms with Gasteiger partial charge in [0, 0.05) is 30.3 Å². The van der Waals surface area contributed by atoms with Crippen molar-refractivity contribution in [1.82, 2.24) is 19.9 Å². The van der Waals surface area contributed by atoms with Gasteiger partial charge in [-0.25, -0.2) is 14.4 Å². The average molecular weight is 413 g/mol. The highest BCUT2D eigenvalue weighted by Crippen LogP contribution is 2.32. The maximum absolute atomic E-state index is 14.8. The Bertz CT molecular complexity index is 1430. The fourth-order valence-corrected chi connectivity index (χ4v) is 3.53. The predicted molar refractivity (Wildman–Crippen MR) is 112 cm³/mol. The lowest BCUT2D eigenvalue weighted by Crippen LogP contribution is -2.00. The molecular formula is C23H16FN5O2. The Morgan fingerprint density at radius 2 is 2.03 bits per heavy atom. The van der Waals surface area contributed by atoms with Crippen LogP contribution in [0.3, 0.4) is 0 Å². The van der Waals surface area contributed by atoms with Crippen LogP contribution in [-0.4, -0.2) is 25.0 Å². The molecule has 0 amide bonds. The molecule has 0 radical (unpaired) electrons. The molecule has 0 aliphatic heterocycles. The van der Waals surface area contributed by atoms with Crippen molar-refractivity contribution < 1.29 is 14.2 Å². The van der Waals surface area contributed by atoms with Crippen molar-refractivity contribution in [1.29, 1.82) is 5.26 Å². The van der Waals surface area contributed by atoms with Crippen LogP contribution in [0.4, 0.5) is 4.39 Å². The number of imidazole rings is 1. The number of fused-ring (bicyclic) bond motifs is 2. The Labute approximate surface area is 175 Å². The number of aromatic nitrogens is 4. The minimum atomic E-state index is -0.504. The molecule has 0 saturated heterocycles. The van der Waals surface area contributed by atoms with Gasteiger partial charge in [-0.3, -0.25) is 0 Å². The molecule has 7 nitrogen and oxygen atoms in total. The van der Waals surface area contributed by atoms with Crippen LogP contribution in [0, 0.1) is 17.1 Å². The molecule has 0 unspecified atom stereocenters. The first-order valence-electron chi connectivity index (χ1n) is 9.54. The summed E-state index contributed by atoms with van der Waals surface area (Å²) < 4.78 is 20.4. The number of pyridine rings is 1. The van der Waals surface area contributed by atoms with E-state index in [4.69, 9.17) is 10.00 Å². The van der Waals surface area contributed by atoms with Crippen molar-refractivity contribution in [3.63, 3.8) is 0 Å². The van der Waals surface area contributed by atoms with Crippen LogP contribution in [-0.2, 0) is 13.0 Å². The maximum Gasteiger partial charge on any atom is 0.164 e. The number of benzene rings is 2. The lowest BCUT2D eigenvalue weighted by Gasteiger charge is -2.10. The predicted octanol–water partition coefficient (Wildman–Crippen LogP) is 4.33. The van der Waals surface area contributed by atoms with Gasteiger partial charge in [-0.1, -0.05) is 12.1 Å². The number of phenols is 1. The Hall–Kier alpha value is -4.38. The molecule has 3 heterocycles. The van der Waals surface area contributed by atoms with Gasteiger partial charge in [-0.2, -0.15) is 5.26 Å². The number of halogens is 1. The van der Waals surface area contributed by atoms with Gasteiger partial charge in [-0.05, 0) is 35.4 Å². The topological polar surface area (TPSA) is 111 Å². The third-order valence-electron chi connectivity index (χ3n) is 5.06. The zero-order chi connectivity index (χ0) is 21.4. The molecule has 0 aliphatic carbocycles. The van der Waals surface area contributed by atoms with E-state index < -0.39 is 5.82 Å². The van der Waals surface area contributed by atoms with Gasteiger partial charge in [0.15, 0.2) is 11.5 Å². The first kappa shape index (κ1) is 18.6. The van der Waals surface area contributed by atoms with E-state index in [0.29, 0.717) is 22.6 Å². The third-order valence-corrected chi connectivity index (χ3v) is 5.06. The molecule has 0 atom stereocenters. The van der Waals surface area contributed by atoms with Crippen LogP contribution in [0.25, 0.3) is 22.1 Å². The molecule has 152 valence electrons. The normalized spacial score (nSPS) is 11.1. The number of hydrogen-bond donors (Lipinski definition) is 3. The molecule has 0 saturated carbocycles. The lowest BCUT2D eigenvalue weighted by molar-refractivity contribution is 0.279. The molecule has 31 heavy (non-hydrogen) atoms. The number of phenolic OH excluding ortho intramolecular Hbond substituents is 1. The molecular weight excluding hydrogens is 397 g/mol. The molecule has 5 aromatic rings.